The van der Waals surface area contributed by atoms with Gasteiger partial charge in [0.2, 0.25) is 0 Å². The van der Waals surface area contributed by atoms with Gasteiger partial charge in [-0.25, -0.2) is 14.8 Å². The summed E-state index contributed by atoms with van der Waals surface area (Å²) in [5, 5.41) is 0. The summed E-state index contributed by atoms with van der Waals surface area (Å²) in [5.41, 5.74) is 0.745. The maximum Gasteiger partial charge on any atom is 0.329 e. The fourth-order valence-electron chi connectivity index (χ4n) is 1.86. The second kappa shape index (κ2) is 3.87. The van der Waals surface area contributed by atoms with Crippen molar-refractivity contribution in [2.45, 2.75) is 6.92 Å². The highest BCUT2D eigenvalue weighted by molar-refractivity contribution is 5.74. The highest BCUT2D eigenvalue weighted by Gasteiger charge is 2.14. The van der Waals surface area contributed by atoms with E-state index >= 15 is 0 Å². The van der Waals surface area contributed by atoms with Gasteiger partial charge in [0.15, 0.2) is 11.5 Å². The molecule has 0 fully saturated rings. The van der Waals surface area contributed by atoms with Crippen LogP contribution in [0.25, 0.3) is 22.7 Å². The van der Waals surface area contributed by atoms with Crippen LogP contribution in [0.5, 0.6) is 0 Å². The second-order valence-corrected chi connectivity index (χ2v) is 4.09. The van der Waals surface area contributed by atoms with Crippen LogP contribution in [0.15, 0.2) is 22.0 Å². The Hall–Kier alpha value is -2.77. The van der Waals surface area contributed by atoms with Gasteiger partial charge in [0.1, 0.15) is 11.2 Å². The zero-order valence-corrected chi connectivity index (χ0v) is 10.3. The van der Waals surface area contributed by atoms with Crippen molar-refractivity contribution in [1.82, 2.24) is 29.5 Å². The third-order valence-electron chi connectivity index (χ3n) is 2.86. The van der Waals surface area contributed by atoms with Gasteiger partial charge in [-0.05, 0) is 6.92 Å². The lowest BCUT2D eigenvalue weighted by Crippen LogP contribution is -2.28. The molecule has 3 aromatic rings. The summed E-state index contributed by atoms with van der Waals surface area (Å²) in [6.45, 7) is 1.79. The number of hydrogen-bond donors (Lipinski definition) is 2. The first-order chi connectivity index (χ1) is 9.08. The topological polar surface area (TPSA) is 109 Å². The molecule has 0 saturated heterocycles. The molecule has 19 heavy (non-hydrogen) atoms. The third kappa shape index (κ3) is 1.65. The largest absolute Gasteiger partial charge is 0.331 e. The molecule has 0 aliphatic heterocycles. The van der Waals surface area contributed by atoms with Crippen LogP contribution < -0.4 is 11.2 Å². The quantitative estimate of drug-likeness (QED) is 0.623. The molecule has 0 radical (unpaired) electrons. The van der Waals surface area contributed by atoms with Gasteiger partial charge in [-0.3, -0.25) is 19.3 Å². The summed E-state index contributed by atoms with van der Waals surface area (Å²) in [7, 11) is 1.54. The van der Waals surface area contributed by atoms with Crippen LogP contribution >= 0.6 is 0 Å². The Bertz CT molecular complexity index is 888. The van der Waals surface area contributed by atoms with Crippen LogP contribution in [0.3, 0.4) is 0 Å². The summed E-state index contributed by atoms with van der Waals surface area (Å²) in [6, 6.07) is 0. The molecule has 2 N–H and O–H groups in total. The van der Waals surface area contributed by atoms with E-state index in [9.17, 15) is 9.59 Å². The lowest BCUT2D eigenvalue weighted by molar-refractivity contribution is 0.832. The van der Waals surface area contributed by atoms with E-state index in [-0.39, 0.29) is 11.2 Å². The van der Waals surface area contributed by atoms with Crippen molar-refractivity contribution in [2.75, 3.05) is 0 Å². The second-order valence-electron chi connectivity index (χ2n) is 4.09. The van der Waals surface area contributed by atoms with Crippen LogP contribution in [0, 0.1) is 6.92 Å². The van der Waals surface area contributed by atoms with Crippen LogP contribution in [-0.4, -0.2) is 29.5 Å². The van der Waals surface area contributed by atoms with E-state index in [4.69, 9.17) is 0 Å². The molecule has 0 unspecified atom stereocenters. The van der Waals surface area contributed by atoms with E-state index in [0.29, 0.717) is 17.2 Å². The first-order valence-corrected chi connectivity index (χ1v) is 5.55. The van der Waals surface area contributed by atoms with Gasteiger partial charge in [0, 0.05) is 19.4 Å². The maximum atomic E-state index is 11.7. The number of aromatic amines is 2. The number of nitrogens with one attached hydrogen (secondary N) is 2. The Morgan fingerprint density at radius 1 is 1.16 bits per heavy atom. The highest BCUT2D eigenvalue weighted by atomic mass is 16.2. The maximum absolute atomic E-state index is 11.7. The minimum absolute atomic E-state index is 0.238. The predicted molar refractivity (Wildman–Crippen MR) is 67.7 cm³/mol. The van der Waals surface area contributed by atoms with E-state index in [1.165, 1.54) is 11.6 Å². The molecular weight excluding hydrogens is 248 g/mol. The summed E-state index contributed by atoms with van der Waals surface area (Å²) in [4.78, 5) is 40.8. The zero-order valence-electron chi connectivity index (χ0n) is 10.3. The number of imidazole rings is 1. The summed E-state index contributed by atoms with van der Waals surface area (Å²) in [5.74, 6) is 0.410. The minimum atomic E-state index is -0.508. The molecule has 0 saturated carbocycles. The average Bonchev–Trinajstić information content (AvgIpc) is 2.82. The molecule has 3 heterocycles. The smallest absolute Gasteiger partial charge is 0.329 e. The minimum Gasteiger partial charge on any atom is -0.331 e. The van der Waals surface area contributed by atoms with Crippen LogP contribution in [0.2, 0.25) is 0 Å². The molecule has 0 atom stereocenters. The van der Waals surface area contributed by atoms with Crippen molar-refractivity contribution >= 4 is 11.2 Å². The van der Waals surface area contributed by atoms with Crippen molar-refractivity contribution in [2.24, 2.45) is 7.05 Å². The lowest BCUT2D eigenvalue weighted by atomic mass is 10.3. The first kappa shape index (κ1) is 11.3. The van der Waals surface area contributed by atoms with Gasteiger partial charge < -0.3 is 4.98 Å². The molecule has 0 aliphatic rings. The van der Waals surface area contributed by atoms with Crippen molar-refractivity contribution in [3.63, 3.8) is 0 Å². The van der Waals surface area contributed by atoms with Gasteiger partial charge in [0.05, 0.1) is 5.69 Å². The molecule has 0 spiro atoms. The average molecular weight is 258 g/mol. The highest BCUT2D eigenvalue weighted by Crippen LogP contribution is 2.17. The van der Waals surface area contributed by atoms with E-state index in [1.54, 1.807) is 19.3 Å². The van der Waals surface area contributed by atoms with Crippen molar-refractivity contribution in [1.29, 1.82) is 0 Å². The number of aromatic nitrogens is 6. The van der Waals surface area contributed by atoms with Gasteiger partial charge in [-0.15, -0.1) is 0 Å². The Labute approximate surface area is 106 Å². The molecule has 8 nitrogen and oxygen atoms in total. The fourth-order valence-corrected chi connectivity index (χ4v) is 1.86. The van der Waals surface area contributed by atoms with Gasteiger partial charge in [-0.2, -0.15) is 0 Å². The Kier molecular flexibility index (Phi) is 2.31. The van der Waals surface area contributed by atoms with Crippen LogP contribution in [-0.2, 0) is 7.05 Å². The van der Waals surface area contributed by atoms with Crippen LogP contribution in [0.1, 0.15) is 5.69 Å². The number of hydrogen-bond acceptors (Lipinski definition) is 5. The SMILES string of the molecule is Cc1nccnc1-c1nc2c([nH]1)c(=O)[nH]c(=O)n2C. The third-order valence-corrected chi connectivity index (χ3v) is 2.86. The van der Waals surface area contributed by atoms with Gasteiger partial charge in [-0.1, -0.05) is 0 Å². The number of aryl methyl sites for hydroxylation is 2. The van der Waals surface area contributed by atoms with E-state index in [0.717, 1.165) is 0 Å². The van der Waals surface area contributed by atoms with E-state index in [1.807, 2.05) is 0 Å². The normalized spacial score (nSPS) is 11.1. The zero-order chi connectivity index (χ0) is 13.6. The molecular formula is C11H10N6O2. The number of fused-ring (bicyclic) bond motifs is 1. The molecule has 0 aliphatic carbocycles. The van der Waals surface area contributed by atoms with Gasteiger partial charge >= 0.3 is 5.69 Å². The monoisotopic (exact) mass is 258 g/mol. The first-order valence-electron chi connectivity index (χ1n) is 5.55. The summed E-state index contributed by atoms with van der Waals surface area (Å²) < 4.78 is 1.27. The molecule has 0 bridgehead atoms. The number of H-pyrrole nitrogens is 2. The van der Waals surface area contributed by atoms with Crippen molar-refractivity contribution < 1.29 is 0 Å². The summed E-state index contributed by atoms with van der Waals surface area (Å²) in [6.07, 6.45) is 3.11. The van der Waals surface area contributed by atoms with E-state index < -0.39 is 11.2 Å². The molecule has 3 aromatic heterocycles. The Morgan fingerprint density at radius 2 is 1.89 bits per heavy atom. The predicted octanol–water partition coefficient (Wildman–Crippen LogP) is -0.285. The Balaban J connectivity index is 2.38. The summed E-state index contributed by atoms with van der Waals surface area (Å²) >= 11 is 0. The molecule has 0 amide bonds. The fraction of sp³-hybridized carbons (Fsp3) is 0.182. The van der Waals surface area contributed by atoms with E-state index in [2.05, 4.69) is 24.9 Å². The standard InChI is InChI=1S/C11H10N6O2/c1-5-6(13-4-3-12-5)8-14-7-9(15-8)17(2)11(19)16-10(7)18/h3-4H,1-2H3,(H,14,15)(H,16,18,19). The van der Waals surface area contributed by atoms with Crippen molar-refractivity contribution in [3.8, 4) is 11.5 Å². The molecule has 3 rings (SSSR count). The Morgan fingerprint density at radius 3 is 2.63 bits per heavy atom. The molecule has 8 heteroatoms. The lowest BCUT2D eigenvalue weighted by Gasteiger charge is -1.97. The van der Waals surface area contributed by atoms with Gasteiger partial charge in [0.25, 0.3) is 5.56 Å². The van der Waals surface area contributed by atoms with Crippen LogP contribution in [0.4, 0.5) is 0 Å². The van der Waals surface area contributed by atoms with Crippen molar-refractivity contribution in [3.05, 3.63) is 38.9 Å². The number of rotatable bonds is 1. The number of nitrogens with zero attached hydrogens (tertiary/aromatic N) is 4. The molecule has 0 aromatic carbocycles. The molecule has 96 valence electrons.